The number of hydrogen-bond donors (Lipinski definition) is 1. The van der Waals surface area contributed by atoms with Gasteiger partial charge in [0.1, 0.15) is 5.69 Å². The molecule has 0 unspecified atom stereocenters. The van der Waals surface area contributed by atoms with Gasteiger partial charge < -0.3 is 5.32 Å². The van der Waals surface area contributed by atoms with Crippen molar-refractivity contribution in [3.8, 4) is 0 Å². The Morgan fingerprint density at radius 3 is 2.79 bits per heavy atom. The van der Waals surface area contributed by atoms with Gasteiger partial charge in [-0.2, -0.15) is 0 Å². The van der Waals surface area contributed by atoms with Gasteiger partial charge in [0.05, 0.1) is 21.6 Å². The summed E-state index contributed by atoms with van der Waals surface area (Å²) in [6.07, 6.45) is 0. The minimum Gasteiger partial charge on any atom is -0.320 e. The largest absolute Gasteiger partial charge is 0.320 e. The summed E-state index contributed by atoms with van der Waals surface area (Å²) in [5.74, 6) is -0.465. The highest BCUT2D eigenvalue weighted by molar-refractivity contribution is 9.10. The molecule has 0 saturated heterocycles. The van der Waals surface area contributed by atoms with E-state index in [1.807, 2.05) is 6.92 Å². The van der Waals surface area contributed by atoms with Gasteiger partial charge in [0.15, 0.2) is 5.16 Å². The van der Waals surface area contributed by atoms with Crippen LogP contribution in [0.2, 0.25) is 0 Å². The molecule has 3 aromatic rings. The fraction of sp³-hybridized carbons (Fsp3) is 0.167. The number of thioether (sulfide) groups is 1. The summed E-state index contributed by atoms with van der Waals surface area (Å²) in [4.78, 5) is 40.0. The predicted octanol–water partition coefficient (Wildman–Crippen LogP) is 3.82. The zero-order valence-electron chi connectivity index (χ0n) is 14.7. The van der Waals surface area contributed by atoms with Crippen LogP contribution in [0.15, 0.2) is 56.9 Å². The second-order valence-electron chi connectivity index (χ2n) is 5.72. The lowest BCUT2D eigenvalue weighted by atomic mass is 10.2. The standard InChI is InChI=1S/C18H15BrN4O4S/c1-2-22-17(25)12-9-11(19)7-8-13(12)21-18(22)28-10-16(24)20-14-5-3-4-6-15(14)23(26)27/h3-9H,2,10H2,1H3,(H,20,24). The molecule has 1 aromatic heterocycles. The van der Waals surface area contributed by atoms with Crippen molar-refractivity contribution in [2.75, 3.05) is 11.1 Å². The van der Waals surface area contributed by atoms with Gasteiger partial charge in [0, 0.05) is 17.1 Å². The molecule has 0 bridgehead atoms. The van der Waals surface area contributed by atoms with Crippen molar-refractivity contribution >= 4 is 55.9 Å². The van der Waals surface area contributed by atoms with Crippen molar-refractivity contribution in [1.82, 2.24) is 9.55 Å². The number of rotatable bonds is 6. The van der Waals surface area contributed by atoms with Crippen molar-refractivity contribution in [2.24, 2.45) is 0 Å². The maximum atomic E-state index is 12.7. The normalized spacial score (nSPS) is 10.8. The van der Waals surface area contributed by atoms with Crippen LogP contribution < -0.4 is 10.9 Å². The fourth-order valence-electron chi connectivity index (χ4n) is 2.62. The first-order valence-electron chi connectivity index (χ1n) is 8.27. The molecule has 0 aliphatic rings. The summed E-state index contributed by atoms with van der Waals surface area (Å²) in [5, 5.41) is 14.5. The number of amides is 1. The van der Waals surface area contributed by atoms with Crippen molar-refractivity contribution in [3.05, 3.63) is 67.4 Å². The second-order valence-corrected chi connectivity index (χ2v) is 7.57. The number of carbonyl (C=O) groups is 1. The minimum absolute atomic E-state index is 0.0411. The smallest absolute Gasteiger partial charge is 0.292 e. The van der Waals surface area contributed by atoms with Gasteiger partial charge in [-0.05, 0) is 31.2 Å². The highest BCUT2D eigenvalue weighted by Gasteiger charge is 2.16. The first-order chi connectivity index (χ1) is 13.4. The molecule has 0 fully saturated rings. The number of hydrogen-bond acceptors (Lipinski definition) is 6. The zero-order valence-corrected chi connectivity index (χ0v) is 17.1. The molecule has 1 amide bonds. The number of nitrogens with one attached hydrogen (secondary N) is 1. The van der Waals surface area contributed by atoms with E-state index in [1.165, 1.54) is 22.8 Å². The Morgan fingerprint density at radius 1 is 1.32 bits per heavy atom. The molecule has 0 radical (unpaired) electrons. The van der Waals surface area contributed by atoms with Gasteiger partial charge in [-0.15, -0.1) is 0 Å². The third kappa shape index (κ3) is 4.23. The van der Waals surface area contributed by atoms with Crippen LogP contribution in [0, 0.1) is 10.1 Å². The van der Waals surface area contributed by atoms with Crippen molar-refractivity contribution < 1.29 is 9.72 Å². The highest BCUT2D eigenvalue weighted by Crippen LogP contribution is 2.24. The Kier molecular flexibility index (Phi) is 6.10. The topological polar surface area (TPSA) is 107 Å². The maximum Gasteiger partial charge on any atom is 0.292 e. The van der Waals surface area contributed by atoms with Gasteiger partial charge in [-0.1, -0.05) is 39.8 Å². The predicted molar refractivity (Wildman–Crippen MR) is 112 cm³/mol. The van der Waals surface area contributed by atoms with Crippen molar-refractivity contribution in [2.45, 2.75) is 18.6 Å². The lowest BCUT2D eigenvalue weighted by molar-refractivity contribution is -0.383. The third-order valence-electron chi connectivity index (χ3n) is 3.90. The van der Waals surface area contributed by atoms with Crippen LogP contribution in [0.3, 0.4) is 0 Å². The number of benzene rings is 2. The average molecular weight is 463 g/mol. The van der Waals surface area contributed by atoms with Gasteiger partial charge in [-0.25, -0.2) is 4.98 Å². The van der Waals surface area contributed by atoms with E-state index in [2.05, 4.69) is 26.2 Å². The quantitative estimate of drug-likeness (QED) is 0.258. The summed E-state index contributed by atoms with van der Waals surface area (Å²) in [6, 6.07) is 11.2. The summed E-state index contributed by atoms with van der Waals surface area (Å²) in [6.45, 7) is 2.23. The number of carbonyl (C=O) groups excluding carboxylic acids is 1. The van der Waals surface area contributed by atoms with E-state index < -0.39 is 10.8 Å². The number of fused-ring (bicyclic) bond motifs is 1. The average Bonchev–Trinajstić information content (AvgIpc) is 2.67. The Bertz CT molecular complexity index is 1130. The lowest BCUT2D eigenvalue weighted by Crippen LogP contribution is -2.23. The highest BCUT2D eigenvalue weighted by atomic mass is 79.9. The number of para-hydroxylation sites is 2. The van der Waals surface area contributed by atoms with Crippen molar-refractivity contribution in [1.29, 1.82) is 0 Å². The van der Waals surface area contributed by atoms with Crippen LogP contribution in [-0.4, -0.2) is 26.1 Å². The lowest BCUT2D eigenvalue weighted by Gasteiger charge is -2.11. The van der Waals surface area contributed by atoms with Crippen LogP contribution in [0.25, 0.3) is 10.9 Å². The number of anilines is 1. The van der Waals surface area contributed by atoms with Crippen LogP contribution in [0.4, 0.5) is 11.4 Å². The van der Waals surface area contributed by atoms with Gasteiger partial charge in [-0.3, -0.25) is 24.3 Å². The molecule has 8 nitrogen and oxygen atoms in total. The minimum atomic E-state index is -0.555. The Morgan fingerprint density at radius 2 is 2.07 bits per heavy atom. The molecule has 0 aliphatic carbocycles. The molecule has 10 heteroatoms. The van der Waals surface area contributed by atoms with Gasteiger partial charge >= 0.3 is 0 Å². The van der Waals surface area contributed by atoms with Crippen LogP contribution >= 0.6 is 27.7 Å². The van der Waals surface area contributed by atoms with Crippen LogP contribution in [0.1, 0.15) is 6.92 Å². The van der Waals surface area contributed by atoms with Crippen LogP contribution in [-0.2, 0) is 11.3 Å². The summed E-state index contributed by atoms with van der Waals surface area (Å²) in [7, 11) is 0. The molecule has 0 spiro atoms. The van der Waals surface area contributed by atoms with Gasteiger partial charge in [0.2, 0.25) is 5.91 Å². The second kappa shape index (κ2) is 8.53. The van der Waals surface area contributed by atoms with E-state index in [4.69, 9.17) is 0 Å². The number of nitro benzene ring substituents is 1. The number of nitrogens with zero attached hydrogens (tertiary/aromatic N) is 3. The molecule has 2 aromatic carbocycles. The molecule has 0 aliphatic heterocycles. The molecule has 144 valence electrons. The van der Waals surface area contributed by atoms with E-state index in [-0.39, 0.29) is 22.7 Å². The van der Waals surface area contributed by atoms with E-state index >= 15 is 0 Å². The van der Waals surface area contributed by atoms with Crippen molar-refractivity contribution in [3.63, 3.8) is 0 Å². The van der Waals surface area contributed by atoms with E-state index in [0.717, 1.165) is 16.2 Å². The Hall–Kier alpha value is -2.72. The SMILES string of the molecule is CCn1c(SCC(=O)Nc2ccccc2[N+](=O)[O-])nc2ccc(Br)cc2c1=O. The zero-order chi connectivity index (χ0) is 20.3. The molecule has 0 saturated carbocycles. The fourth-order valence-corrected chi connectivity index (χ4v) is 3.84. The summed E-state index contributed by atoms with van der Waals surface area (Å²) < 4.78 is 2.28. The molecular formula is C18H15BrN4O4S. The number of nitro groups is 1. The number of halogens is 1. The maximum absolute atomic E-state index is 12.7. The number of aromatic nitrogens is 2. The Balaban J connectivity index is 1.82. The molecule has 28 heavy (non-hydrogen) atoms. The van der Waals surface area contributed by atoms with E-state index in [1.54, 1.807) is 24.3 Å². The first-order valence-corrected chi connectivity index (χ1v) is 10.0. The molecule has 1 heterocycles. The monoisotopic (exact) mass is 462 g/mol. The molecule has 0 atom stereocenters. The van der Waals surface area contributed by atoms with Gasteiger partial charge in [0.25, 0.3) is 11.2 Å². The summed E-state index contributed by atoms with van der Waals surface area (Å²) in [5.41, 5.74) is 0.304. The third-order valence-corrected chi connectivity index (χ3v) is 5.37. The summed E-state index contributed by atoms with van der Waals surface area (Å²) >= 11 is 4.45. The molecule has 1 N–H and O–H groups in total. The van der Waals surface area contributed by atoms with E-state index in [9.17, 15) is 19.7 Å². The molecular weight excluding hydrogens is 448 g/mol. The Labute approximate surface area is 172 Å². The first kappa shape index (κ1) is 20.0. The van der Waals surface area contributed by atoms with Crippen LogP contribution in [0.5, 0.6) is 0 Å². The molecule has 3 rings (SSSR count). The van der Waals surface area contributed by atoms with E-state index in [0.29, 0.717) is 22.6 Å².